The van der Waals surface area contributed by atoms with E-state index in [2.05, 4.69) is 20.8 Å². The molecule has 1 aromatic heterocycles. The number of hydrogen-bond acceptors (Lipinski definition) is 4. The molecule has 3 aromatic rings. The van der Waals surface area contributed by atoms with Crippen molar-refractivity contribution >= 4 is 34.9 Å². The van der Waals surface area contributed by atoms with E-state index in [0.29, 0.717) is 17.4 Å². The predicted molar refractivity (Wildman–Crippen MR) is 82.8 cm³/mol. The molecule has 0 saturated heterocycles. The number of aromatic nitrogens is 2. The average molecular weight is 299 g/mol. The van der Waals surface area contributed by atoms with Crippen molar-refractivity contribution in [3.8, 4) is 11.3 Å². The highest BCUT2D eigenvalue weighted by Crippen LogP contribution is 2.29. The molecule has 0 spiro atoms. The molecule has 0 bridgehead atoms. The third kappa shape index (κ3) is 2.78. The number of fused-ring (bicyclic) bond motifs is 1. The minimum atomic E-state index is 0.316. The number of nitrogens with zero attached hydrogens (tertiary/aromatic N) is 2. The number of carbonyl (C=O) groups excluding carboxylic acids is 1. The number of hydrazine groups is 1. The molecule has 0 aliphatic carbocycles. The second kappa shape index (κ2) is 5.76. The molecule has 21 heavy (non-hydrogen) atoms. The van der Waals surface area contributed by atoms with Crippen LogP contribution in [0.5, 0.6) is 0 Å². The Morgan fingerprint density at radius 1 is 1.05 bits per heavy atom. The first-order valence-corrected chi connectivity index (χ1v) is 6.63. The van der Waals surface area contributed by atoms with Crippen LogP contribution in [0, 0.1) is 0 Å². The largest absolute Gasteiger partial charge is 0.277 e. The highest BCUT2D eigenvalue weighted by molar-refractivity contribution is 6.31. The van der Waals surface area contributed by atoms with Crippen molar-refractivity contribution < 1.29 is 4.79 Å². The summed E-state index contributed by atoms with van der Waals surface area (Å²) in [5.74, 6) is 0.316. The van der Waals surface area contributed by atoms with Crippen molar-refractivity contribution in [1.82, 2.24) is 15.4 Å². The van der Waals surface area contributed by atoms with Gasteiger partial charge in [0.25, 0.3) is 0 Å². The van der Waals surface area contributed by atoms with Gasteiger partial charge in [-0.3, -0.25) is 15.6 Å². The van der Waals surface area contributed by atoms with E-state index in [1.165, 1.54) is 0 Å². The van der Waals surface area contributed by atoms with Crippen LogP contribution >= 0.6 is 11.6 Å². The van der Waals surface area contributed by atoms with E-state index in [4.69, 9.17) is 11.6 Å². The summed E-state index contributed by atoms with van der Waals surface area (Å²) in [6, 6.07) is 15.1. The number of rotatable bonds is 4. The zero-order chi connectivity index (χ0) is 14.7. The minimum absolute atomic E-state index is 0.316. The Bertz CT molecular complexity index is 792. The van der Waals surface area contributed by atoms with Gasteiger partial charge in [0, 0.05) is 16.0 Å². The second-order valence-electron chi connectivity index (χ2n) is 4.31. The zero-order valence-corrected chi connectivity index (χ0v) is 11.6. The summed E-state index contributed by atoms with van der Waals surface area (Å²) < 4.78 is 0. The Balaban J connectivity index is 2.23. The van der Waals surface area contributed by atoms with Crippen molar-refractivity contribution in [2.24, 2.45) is 0 Å². The van der Waals surface area contributed by atoms with Crippen molar-refractivity contribution in [2.75, 3.05) is 5.43 Å². The normalized spacial score (nSPS) is 10.3. The van der Waals surface area contributed by atoms with Crippen LogP contribution < -0.4 is 10.9 Å². The minimum Gasteiger partial charge on any atom is -0.277 e. The molecule has 0 radical (unpaired) electrons. The number of carbonyl (C=O) groups is 1. The van der Waals surface area contributed by atoms with Crippen molar-refractivity contribution in [2.45, 2.75) is 0 Å². The summed E-state index contributed by atoms with van der Waals surface area (Å²) in [6.07, 6.45) is 0.525. The molecule has 2 aromatic carbocycles. The SMILES string of the molecule is O=CNNc1nc(-c2ccccc2)c2cc(Cl)ccc2n1. The molecule has 3 rings (SSSR count). The number of nitrogens with one attached hydrogen (secondary N) is 2. The van der Waals surface area contributed by atoms with Crippen LogP contribution in [-0.4, -0.2) is 16.4 Å². The summed E-state index contributed by atoms with van der Waals surface area (Å²) in [5, 5.41) is 1.47. The zero-order valence-electron chi connectivity index (χ0n) is 10.9. The lowest BCUT2D eigenvalue weighted by atomic mass is 10.1. The van der Waals surface area contributed by atoms with Crippen LogP contribution in [-0.2, 0) is 4.79 Å². The third-order valence-electron chi connectivity index (χ3n) is 2.95. The van der Waals surface area contributed by atoms with Crippen LogP contribution in [0.15, 0.2) is 48.5 Å². The fourth-order valence-corrected chi connectivity index (χ4v) is 2.24. The van der Waals surface area contributed by atoms with Gasteiger partial charge in [-0.25, -0.2) is 9.97 Å². The molecule has 5 nitrogen and oxygen atoms in total. The molecule has 104 valence electrons. The molecule has 6 heteroatoms. The van der Waals surface area contributed by atoms with Crippen molar-refractivity contribution in [3.05, 3.63) is 53.6 Å². The second-order valence-corrected chi connectivity index (χ2v) is 4.75. The monoisotopic (exact) mass is 298 g/mol. The quantitative estimate of drug-likeness (QED) is 0.574. The van der Waals surface area contributed by atoms with Crippen LogP contribution in [0.4, 0.5) is 5.95 Å². The fraction of sp³-hybridized carbons (Fsp3) is 0. The van der Waals surface area contributed by atoms with Gasteiger partial charge in [0.1, 0.15) is 0 Å². The number of benzene rings is 2. The predicted octanol–water partition coefficient (Wildman–Crippen LogP) is 3.02. The van der Waals surface area contributed by atoms with E-state index in [9.17, 15) is 4.79 Å². The molecule has 2 N–H and O–H groups in total. The van der Waals surface area contributed by atoms with E-state index < -0.39 is 0 Å². The molecule has 0 unspecified atom stereocenters. The van der Waals surface area contributed by atoms with Crippen LogP contribution in [0.1, 0.15) is 0 Å². The van der Waals surface area contributed by atoms with E-state index in [0.717, 1.165) is 22.2 Å². The lowest BCUT2D eigenvalue weighted by Gasteiger charge is -2.10. The lowest BCUT2D eigenvalue weighted by Crippen LogP contribution is -2.21. The van der Waals surface area contributed by atoms with Gasteiger partial charge in [-0.2, -0.15) is 0 Å². The topological polar surface area (TPSA) is 66.9 Å². The Kier molecular flexibility index (Phi) is 3.66. The lowest BCUT2D eigenvalue weighted by molar-refractivity contribution is -0.109. The molecular weight excluding hydrogens is 288 g/mol. The smallest absolute Gasteiger partial charge is 0.242 e. The van der Waals surface area contributed by atoms with E-state index >= 15 is 0 Å². The van der Waals surface area contributed by atoms with Gasteiger partial charge in [-0.15, -0.1) is 0 Å². The van der Waals surface area contributed by atoms with Gasteiger partial charge in [0.05, 0.1) is 11.2 Å². The van der Waals surface area contributed by atoms with Gasteiger partial charge >= 0.3 is 0 Å². The Morgan fingerprint density at radius 2 is 1.86 bits per heavy atom. The number of amides is 1. The van der Waals surface area contributed by atoms with Gasteiger partial charge in [0.2, 0.25) is 12.4 Å². The standard InChI is InChI=1S/C15H11ClN4O/c16-11-6-7-13-12(8-11)14(10-4-2-1-3-5-10)19-15(18-13)20-17-9-21/h1-9H,(H,17,21)(H,18,19,20). The molecule has 1 amide bonds. The molecule has 1 heterocycles. The van der Waals surface area contributed by atoms with E-state index in [1.807, 2.05) is 42.5 Å². The molecular formula is C15H11ClN4O. The van der Waals surface area contributed by atoms with Gasteiger partial charge < -0.3 is 0 Å². The summed E-state index contributed by atoms with van der Waals surface area (Å²) >= 11 is 6.07. The molecule has 0 aliphatic heterocycles. The Labute approximate surface area is 126 Å². The first-order chi connectivity index (χ1) is 10.3. The fourth-order valence-electron chi connectivity index (χ4n) is 2.07. The highest BCUT2D eigenvalue weighted by Gasteiger charge is 2.10. The maximum atomic E-state index is 10.4. The maximum absolute atomic E-state index is 10.4. The summed E-state index contributed by atoms with van der Waals surface area (Å²) in [6.45, 7) is 0. The van der Waals surface area contributed by atoms with Crippen LogP contribution in [0.2, 0.25) is 5.02 Å². The first kappa shape index (κ1) is 13.3. The Hall–Kier alpha value is -2.66. The van der Waals surface area contributed by atoms with Gasteiger partial charge in [-0.1, -0.05) is 41.9 Å². The van der Waals surface area contributed by atoms with Crippen LogP contribution in [0.25, 0.3) is 22.2 Å². The summed E-state index contributed by atoms with van der Waals surface area (Å²) in [5.41, 5.74) is 7.41. The molecule has 0 fully saturated rings. The average Bonchev–Trinajstić information content (AvgIpc) is 2.53. The van der Waals surface area contributed by atoms with Crippen LogP contribution in [0.3, 0.4) is 0 Å². The van der Waals surface area contributed by atoms with Gasteiger partial charge in [-0.05, 0) is 18.2 Å². The molecule has 0 aliphatic rings. The third-order valence-corrected chi connectivity index (χ3v) is 3.18. The first-order valence-electron chi connectivity index (χ1n) is 6.26. The molecule has 0 atom stereocenters. The number of halogens is 1. The maximum Gasteiger partial charge on any atom is 0.242 e. The Morgan fingerprint density at radius 3 is 2.62 bits per heavy atom. The van der Waals surface area contributed by atoms with E-state index in [-0.39, 0.29) is 0 Å². The molecule has 0 saturated carbocycles. The highest BCUT2D eigenvalue weighted by atomic mass is 35.5. The summed E-state index contributed by atoms with van der Waals surface area (Å²) in [4.78, 5) is 19.2. The summed E-state index contributed by atoms with van der Waals surface area (Å²) in [7, 11) is 0. The van der Waals surface area contributed by atoms with Crippen molar-refractivity contribution in [1.29, 1.82) is 0 Å². The van der Waals surface area contributed by atoms with Gasteiger partial charge in [0.15, 0.2) is 0 Å². The van der Waals surface area contributed by atoms with Crippen molar-refractivity contribution in [3.63, 3.8) is 0 Å². The number of anilines is 1. The van der Waals surface area contributed by atoms with E-state index in [1.54, 1.807) is 6.07 Å². The number of hydrogen-bond donors (Lipinski definition) is 2.